The highest BCUT2D eigenvalue weighted by Gasteiger charge is 2.34. The summed E-state index contributed by atoms with van der Waals surface area (Å²) in [6.45, 7) is 4.92. The van der Waals surface area contributed by atoms with Gasteiger partial charge in [-0.3, -0.25) is 0 Å². The van der Waals surface area contributed by atoms with E-state index in [-0.39, 0.29) is 5.75 Å². The second kappa shape index (κ2) is 5.37. The maximum absolute atomic E-state index is 11.8. The van der Waals surface area contributed by atoms with Crippen molar-refractivity contribution in [2.45, 2.75) is 30.7 Å². The van der Waals surface area contributed by atoms with Gasteiger partial charge in [-0.15, -0.1) is 0 Å². The summed E-state index contributed by atoms with van der Waals surface area (Å²) in [5.74, 6) is 0.896. The average molecular weight is 294 g/mol. The van der Waals surface area contributed by atoms with Crippen molar-refractivity contribution in [2.24, 2.45) is 5.92 Å². The summed E-state index contributed by atoms with van der Waals surface area (Å²) in [4.78, 5) is 2.80. The predicted octanol–water partition coefficient (Wildman–Crippen LogP) is 1.67. The van der Waals surface area contributed by atoms with Gasteiger partial charge < -0.3 is 10.2 Å². The Kier molecular flexibility index (Phi) is 3.73. The first-order valence-electron chi connectivity index (χ1n) is 7.41. The van der Waals surface area contributed by atoms with Crippen molar-refractivity contribution in [3.8, 4) is 0 Å². The lowest BCUT2D eigenvalue weighted by atomic mass is 9.94. The van der Waals surface area contributed by atoms with Crippen molar-refractivity contribution in [1.82, 2.24) is 5.32 Å². The van der Waals surface area contributed by atoms with Gasteiger partial charge in [-0.25, -0.2) is 8.42 Å². The Labute approximate surface area is 121 Å². The first kappa shape index (κ1) is 13.9. The van der Waals surface area contributed by atoms with Crippen LogP contribution in [0, 0.1) is 5.92 Å². The molecule has 1 N–H and O–H groups in total. The highest BCUT2D eigenvalue weighted by Crippen LogP contribution is 2.29. The van der Waals surface area contributed by atoms with E-state index in [0.29, 0.717) is 10.9 Å². The smallest absolute Gasteiger partial charge is 0.178 e. The Morgan fingerprint density at radius 2 is 2.00 bits per heavy atom. The zero-order valence-corrected chi connectivity index (χ0v) is 12.7. The zero-order valence-electron chi connectivity index (χ0n) is 11.9. The van der Waals surface area contributed by atoms with Gasteiger partial charge in [0.2, 0.25) is 0 Å². The first-order chi connectivity index (χ1) is 9.60. The molecule has 0 radical (unpaired) electrons. The molecule has 2 aliphatic heterocycles. The molecule has 0 spiro atoms. The molecule has 3 rings (SSSR count). The maximum Gasteiger partial charge on any atom is 0.178 e. The summed E-state index contributed by atoms with van der Waals surface area (Å²) in [5, 5.41) is 3.59. The number of nitrogens with one attached hydrogen (secondary N) is 1. The van der Waals surface area contributed by atoms with Gasteiger partial charge in [0.25, 0.3) is 0 Å². The lowest BCUT2D eigenvalue weighted by Gasteiger charge is -2.24. The molecular formula is C15H22N2O2S. The van der Waals surface area contributed by atoms with Crippen LogP contribution in [0.3, 0.4) is 0 Å². The van der Waals surface area contributed by atoms with E-state index < -0.39 is 9.84 Å². The van der Waals surface area contributed by atoms with Gasteiger partial charge in [-0.2, -0.15) is 0 Å². The lowest BCUT2D eigenvalue weighted by Crippen LogP contribution is -2.40. The normalized spacial score (nSPS) is 26.6. The number of nitrogens with zero attached hydrogens (tertiary/aromatic N) is 1. The Balaban J connectivity index is 1.76. The molecule has 2 aliphatic rings. The Morgan fingerprint density at radius 3 is 2.65 bits per heavy atom. The van der Waals surface area contributed by atoms with Gasteiger partial charge >= 0.3 is 0 Å². The molecule has 0 aromatic heterocycles. The predicted molar refractivity (Wildman–Crippen MR) is 80.9 cm³/mol. The third-order valence-electron chi connectivity index (χ3n) is 4.54. The van der Waals surface area contributed by atoms with Gasteiger partial charge in [0, 0.05) is 24.8 Å². The van der Waals surface area contributed by atoms with Gasteiger partial charge in [-0.1, -0.05) is 6.92 Å². The SMILES string of the molecule is CCS(=O)(=O)c1ccc(N2C[C@@H]3CCCN[C@@H]3C2)cc1. The van der Waals surface area contributed by atoms with Crippen LogP contribution < -0.4 is 10.2 Å². The van der Waals surface area contributed by atoms with Crippen LogP contribution >= 0.6 is 0 Å². The zero-order chi connectivity index (χ0) is 14.2. The third kappa shape index (κ3) is 2.56. The molecule has 0 amide bonds. The van der Waals surface area contributed by atoms with E-state index in [1.807, 2.05) is 12.1 Å². The second-order valence-corrected chi connectivity index (χ2v) is 8.04. The monoisotopic (exact) mass is 294 g/mol. The summed E-state index contributed by atoms with van der Waals surface area (Å²) in [6, 6.07) is 7.97. The number of fused-ring (bicyclic) bond motifs is 1. The maximum atomic E-state index is 11.8. The van der Waals surface area contributed by atoms with Gasteiger partial charge in [-0.05, 0) is 49.6 Å². The fraction of sp³-hybridized carbons (Fsp3) is 0.600. The van der Waals surface area contributed by atoms with Crippen molar-refractivity contribution in [2.75, 3.05) is 30.3 Å². The molecule has 0 aliphatic carbocycles. The molecule has 110 valence electrons. The number of sulfone groups is 1. The standard InChI is InChI=1S/C15H22N2O2S/c1-2-20(18,19)14-7-5-13(6-8-14)17-10-12-4-3-9-16-15(12)11-17/h5-8,12,15-16H,2-4,9-11H2,1H3/t12-,15+/m0/s1. The van der Waals surface area contributed by atoms with E-state index in [0.717, 1.165) is 31.2 Å². The summed E-state index contributed by atoms with van der Waals surface area (Å²) in [5.41, 5.74) is 1.14. The molecule has 0 saturated carbocycles. The molecule has 20 heavy (non-hydrogen) atoms. The van der Waals surface area contributed by atoms with Crippen LogP contribution in [-0.2, 0) is 9.84 Å². The number of anilines is 1. The average Bonchev–Trinajstić information content (AvgIpc) is 2.91. The Bertz CT molecular complexity index is 554. The molecule has 0 bridgehead atoms. The van der Waals surface area contributed by atoms with E-state index in [9.17, 15) is 8.42 Å². The molecule has 0 unspecified atom stereocenters. The minimum Gasteiger partial charge on any atom is -0.370 e. The number of hydrogen-bond donors (Lipinski definition) is 1. The number of piperidine rings is 1. The summed E-state index contributed by atoms with van der Waals surface area (Å²) in [6.07, 6.45) is 2.57. The van der Waals surface area contributed by atoms with Crippen molar-refractivity contribution in [1.29, 1.82) is 0 Å². The largest absolute Gasteiger partial charge is 0.370 e. The van der Waals surface area contributed by atoms with Crippen molar-refractivity contribution in [3.05, 3.63) is 24.3 Å². The fourth-order valence-corrected chi connectivity index (χ4v) is 4.17. The molecule has 2 heterocycles. The van der Waals surface area contributed by atoms with Crippen molar-refractivity contribution < 1.29 is 8.42 Å². The minimum absolute atomic E-state index is 0.157. The third-order valence-corrected chi connectivity index (χ3v) is 6.29. The molecule has 4 nitrogen and oxygen atoms in total. The number of benzene rings is 1. The van der Waals surface area contributed by atoms with E-state index in [2.05, 4.69) is 10.2 Å². The van der Waals surface area contributed by atoms with E-state index >= 15 is 0 Å². The molecule has 1 aromatic carbocycles. The van der Waals surface area contributed by atoms with Crippen LogP contribution in [0.15, 0.2) is 29.2 Å². The number of hydrogen-bond acceptors (Lipinski definition) is 4. The van der Waals surface area contributed by atoms with Gasteiger partial charge in [0.05, 0.1) is 10.6 Å². The highest BCUT2D eigenvalue weighted by atomic mass is 32.2. The molecule has 5 heteroatoms. The Morgan fingerprint density at radius 1 is 1.25 bits per heavy atom. The molecule has 1 aromatic rings. The van der Waals surface area contributed by atoms with Gasteiger partial charge in [0.15, 0.2) is 9.84 Å². The second-order valence-electron chi connectivity index (χ2n) is 5.77. The van der Waals surface area contributed by atoms with Crippen LogP contribution in [-0.4, -0.2) is 39.8 Å². The topological polar surface area (TPSA) is 49.4 Å². The number of rotatable bonds is 3. The van der Waals surface area contributed by atoms with Crippen LogP contribution in [0.4, 0.5) is 5.69 Å². The lowest BCUT2D eigenvalue weighted by molar-refractivity contribution is 0.340. The molecule has 2 saturated heterocycles. The van der Waals surface area contributed by atoms with Crippen LogP contribution in [0.1, 0.15) is 19.8 Å². The van der Waals surface area contributed by atoms with E-state index in [1.54, 1.807) is 19.1 Å². The molecule has 2 atom stereocenters. The van der Waals surface area contributed by atoms with Gasteiger partial charge in [0.1, 0.15) is 0 Å². The van der Waals surface area contributed by atoms with Crippen molar-refractivity contribution >= 4 is 15.5 Å². The quantitative estimate of drug-likeness (QED) is 0.921. The van der Waals surface area contributed by atoms with E-state index in [4.69, 9.17) is 0 Å². The Hall–Kier alpha value is -1.07. The molecular weight excluding hydrogens is 272 g/mol. The van der Waals surface area contributed by atoms with E-state index in [1.165, 1.54) is 12.8 Å². The molecule has 2 fully saturated rings. The summed E-state index contributed by atoms with van der Waals surface area (Å²) >= 11 is 0. The van der Waals surface area contributed by atoms with Crippen LogP contribution in [0.2, 0.25) is 0 Å². The summed E-state index contributed by atoms with van der Waals surface area (Å²) in [7, 11) is -3.09. The first-order valence-corrected chi connectivity index (χ1v) is 9.06. The minimum atomic E-state index is -3.09. The van der Waals surface area contributed by atoms with Crippen LogP contribution in [0.25, 0.3) is 0 Å². The fourth-order valence-electron chi connectivity index (χ4n) is 3.29. The van der Waals surface area contributed by atoms with Crippen LogP contribution in [0.5, 0.6) is 0 Å². The highest BCUT2D eigenvalue weighted by molar-refractivity contribution is 7.91. The van der Waals surface area contributed by atoms with Crippen molar-refractivity contribution in [3.63, 3.8) is 0 Å². The summed E-state index contributed by atoms with van der Waals surface area (Å²) < 4.78 is 23.6.